The lowest BCUT2D eigenvalue weighted by molar-refractivity contribution is 0.668. The first-order chi connectivity index (χ1) is 30.2. The van der Waals surface area contributed by atoms with Crippen molar-refractivity contribution in [3.05, 3.63) is 211 Å². The molecule has 2 atom stereocenters. The third kappa shape index (κ3) is 5.37. The molecule has 8 aromatic carbocycles. The van der Waals surface area contributed by atoms with Crippen molar-refractivity contribution < 1.29 is 4.42 Å². The maximum atomic E-state index is 6.79. The van der Waals surface area contributed by atoms with Crippen LogP contribution in [0.2, 0.25) is 0 Å². The molecule has 2 aliphatic rings. The Morgan fingerprint density at radius 1 is 0.557 bits per heavy atom. The van der Waals surface area contributed by atoms with E-state index in [-0.39, 0.29) is 12.0 Å². The van der Waals surface area contributed by atoms with Gasteiger partial charge < -0.3 is 9.32 Å². The van der Waals surface area contributed by atoms with Crippen LogP contribution in [0.15, 0.2) is 205 Å². The van der Waals surface area contributed by atoms with Crippen molar-refractivity contribution in [2.75, 3.05) is 4.90 Å². The number of allylic oxidation sites excluding steroid dienone is 2. The molecule has 61 heavy (non-hydrogen) atoms. The van der Waals surface area contributed by atoms with Crippen molar-refractivity contribution >= 4 is 81.3 Å². The first-order valence-corrected chi connectivity index (χ1v) is 21.6. The quantitative estimate of drug-likeness (QED) is 0.174. The minimum atomic E-state index is 0.117. The van der Waals surface area contributed by atoms with E-state index >= 15 is 0 Å². The molecule has 0 saturated heterocycles. The fourth-order valence-electron chi connectivity index (χ4n) is 9.82. The molecule has 4 heterocycles. The average Bonchev–Trinajstić information content (AvgIpc) is 4.01. The van der Waals surface area contributed by atoms with E-state index in [1.165, 1.54) is 49.0 Å². The summed E-state index contributed by atoms with van der Waals surface area (Å²) in [5.74, 6) is 0.871. The minimum absolute atomic E-state index is 0.117. The van der Waals surface area contributed by atoms with Crippen LogP contribution in [0.5, 0.6) is 0 Å². The first kappa shape index (κ1) is 34.3. The van der Waals surface area contributed by atoms with Gasteiger partial charge in [-0.15, -0.1) is 11.3 Å². The number of hydrogen-bond donors (Lipinski definition) is 0. The van der Waals surface area contributed by atoms with Gasteiger partial charge >= 0.3 is 0 Å². The van der Waals surface area contributed by atoms with Crippen molar-refractivity contribution in [3.8, 4) is 33.8 Å². The van der Waals surface area contributed by atoms with E-state index in [4.69, 9.17) is 14.4 Å². The molecule has 1 aliphatic heterocycles. The van der Waals surface area contributed by atoms with E-state index < -0.39 is 0 Å². The number of anilines is 2. The number of hydrogen-bond acceptors (Lipinski definition) is 5. The Morgan fingerprint density at radius 3 is 2.15 bits per heavy atom. The van der Waals surface area contributed by atoms with E-state index in [2.05, 4.69) is 205 Å². The number of nitrogens with zero attached hydrogens (tertiary/aromatic N) is 3. The van der Waals surface area contributed by atoms with Crippen LogP contribution in [-0.2, 0) is 0 Å². The lowest BCUT2D eigenvalue weighted by Crippen LogP contribution is -2.28. The maximum absolute atomic E-state index is 6.79. The molecule has 0 N–H and O–H groups in total. The minimum Gasteiger partial charge on any atom is -0.456 e. The molecule has 0 fully saturated rings. The normalized spacial score (nSPS) is 15.9. The molecule has 1 aliphatic carbocycles. The zero-order valence-corrected chi connectivity index (χ0v) is 33.7. The lowest BCUT2D eigenvalue weighted by atomic mass is 9.84. The first-order valence-electron chi connectivity index (χ1n) is 20.8. The largest absolute Gasteiger partial charge is 0.456 e. The van der Waals surface area contributed by atoms with Crippen LogP contribution in [0.1, 0.15) is 17.0 Å². The van der Waals surface area contributed by atoms with Gasteiger partial charge in [0.15, 0.2) is 5.82 Å². The van der Waals surface area contributed by atoms with Crippen LogP contribution >= 0.6 is 11.3 Å². The smallest absolute Gasteiger partial charge is 0.161 e. The summed E-state index contributed by atoms with van der Waals surface area (Å²) in [6, 6.07) is 65.0. The van der Waals surface area contributed by atoms with E-state index in [9.17, 15) is 0 Å². The van der Waals surface area contributed by atoms with Gasteiger partial charge in [-0.25, -0.2) is 9.97 Å². The second kappa shape index (κ2) is 13.5. The van der Waals surface area contributed by atoms with Gasteiger partial charge in [0.2, 0.25) is 0 Å². The summed E-state index contributed by atoms with van der Waals surface area (Å²) in [6.45, 7) is 0. The van der Waals surface area contributed by atoms with Crippen LogP contribution in [-0.4, -0.2) is 16.0 Å². The van der Waals surface area contributed by atoms with Gasteiger partial charge in [0, 0.05) is 55.3 Å². The SMILES string of the molecule is C1=CC2C(C=C1c1ccccc1)c1c(ccc3ccccc13)N2c1ccc2c(c1)oc1cccc(-c3nc(-c4ccc(-c5ccccc5)cc4)c4sc5ccccc5c4n3)c12. The van der Waals surface area contributed by atoms with Gasteiger partial charge in [-0.1, -0.05) is 164 Å². The van der Waals surface area contributed by atoms with Gasteiger partial charge in [-0.05, 0) is 68.9 Å². The molecule has 2 unspecified atom stereocenters. The van der Waals surface area contributed by atoms with Crippen LogP contribution in [0, 0.1) is 0 Å². The zero-order valence-electron chi connectivity index (χ0n) is 32.9. The standard InChI is InChI=1S/C56H35N3OS/c1-3-12-34(13-4-1)36-22-24-38(25-23-36)53-55-54(43-18-9-10-21-50(43)61-55)58-56(57-53)44-19-11-20-48-52(44)42-29-28-40(33-49(42)60-48)59-46-30-27-39(35-14-5-2-6-15-35)32-45(46)51-41-17-8-7-16-37(41)26-31-47(51)59/h1-33,45-46H. The highest BCUT2D eigenvalue weighted by atomic mass is 32.1. The predicted octanol–water partition coefficient (Wildman–Crippen LogP) is 15.2. The molecule has 5 heteroatoms. The highest BCUT2D eigenvalue weighted by molar-refractivity contribution is 7.26. The van der Waals surface area contributed by atoms with Crippen molar-refractivity contribution in [2.24, 2.45) is 0 Å². The molecule has 0 radical (unpaired) electrons. The highest BCUT2D eigenvalue weighted by Gasteiger charge is 2.40. The van der Waals surface area contributed by atoms with Crippen molar-refractivity contribution in [1.82, 2.24) is 9.97 Å². The number of aromatic nitrogens is 2. The molecule has 11 aromatic rings. The molecule has 0 saturated carbocycles. The number of furan rings is 1. The van der Waals surface area contributed by atoms with Gasteiger partial charge in [-0.3, -0.25) is 0 Å². The summed E-state index contributed by atoms with van der Waals surface area (Å²) in [5, 5.41) is 5.76. The summed E-state index contributed by atoms with van der Waals surface area (Å²) in [4.78, 5) is 13.3. The number of benzene rings is 8. The number of rotatable bonds is 5. The molecule has 4 nitrogen and oxygen atoms in total. The molecule has 0 amide bonds. The highest BCUT2D eigenvalue weighted by Crippen LogP contribution is 2.52. The Labute approximate surface area is 356 Å². The summed E-state index contributed by atoms with van der Waals surface area (Å²) >= 11 is 1.75. The zero-order chi connectivity index (χ0) is 40.0. The van der Waals surface area contributed by atoms with Gasteiger partial charge in [0.1, 0.15) is 11.2 Å². The Kier molecular flexibility index (Phi) is 7.57. The van der Waals surface area contributed by atoms with Crippen LogP contribution in [0.3, 0.4) is 0 Å². The number of thiophene rings is 1. The van der Waals surface area contributed by atoms with Crippen molar-refractivity contribution in [2.45, 2.75) is 12.0 Å². The molecular weight excluding hydrogens is 763 g/mol. The van der Waals surface area contributed by atoms with Crippen molar-refractivity contribution in [1.29, 1.82) is 0 Å². The van der Waals surface area contributed by atoms with Crippen LogP contribution in [0.25, 0.3) is 92.4 Å². The van der Waals surface area contributed by atoms with Gasteiger partial charge in [-0.2, -0.15) is 0 Å². The second-order valence-electron chi connectivity index (χ2n) is 16.0. The van der Waals surface area contributed by atoms with E-state index in [1.54, 1.807) is 11.3 Å². The fraction of sp³-hybridized carbons (Fsp3) is 0.0357. The van der Waals surface area contributed by atoms with E-state index in [0.29, 0.717) is 5.82 Å². The topological polar surface area (TPSA) is 42.2 Å². The summed E-state index contributed by atoms with van der Waals surface area (Å²) in [6.07, 6.45) is 7.15. The third-order valence-corrected chi connectivity index (χ3v) is 13.8. The fourth-order valence-corrected chi connectivity index (χ4v) is 11.0. The average molecular weight is 798 g/mol. The van der Waals surface area contributed by atoms with E-state index in [1.807, 2.05) is 0 Å². The van der Waals surface area contributed by atoms with Gasteiger partial charge in [0.25, 0.3) is 0 Å². The number of fused-ring (bicyclic) bond motifs is 11. The summed E-state index contributed by atoms with van der Waals surface area (Å²) < 4.78 is 9.07. The van der Waals surface area contributed by atoms with E-state index in [0.717, 1.165) is 60.0 Å². The Morgan fingerprint density at radius 2 is 1.30 bits per heavy atom. The second-order valence-corrected chi connectivity index (χ2v) is 17.1. The molecule has 286 valence electrons. The predicted molar refractivity (Wildman–Crippen MR) is 255 cm³/mol. The molecule has 0 bridgehead atoms. The lowest BCUT2D eigenvalue weighted by Gasteiger charge is -2.29. The Bertz CT molecular complexity index is 3600. The molecule has 0 spiro atoms. The third-order valence-electron chi connectivity index (χ3n) is 12.6. The van der Waals surface area contributed by atoms with Crippen molar-refractivity contribution in [3.63, 3.8) is 0 Å². The van der Waals surface area contributed by atoms with Gasteiger partial charge in [0.05, 0.1) is 22.0 Å². The molecule has 3 aromatic heterocycles. The Hall–Kier alpha value is -7.60. The molecule has 13 rings (SSSR count). The van der Waals surface area contributed by atoms with Crippen LogP contribution < -0.4 is 4.90 Å². The maximum Gasteiger partial charge on any atom is 0.161 e. The van der Waals surface area contributed by atoms with Crippen LogP contribution in [0.4, 0.5) is 11.4 Å². The molecular formula is C56H35N3OS. The summed E-state index contributed by atoms with van der Waals surface area (Å²) in [7, 11) is 0. The summed E-state index contributed by atoms with van der Waals surface area (Å²) in [5.41, 5.74) is 14.1. The Balaban J connectivity index is 0.957. The monoisotopic (exact) mass is 797 g/mol.